The Hall–Kier alpha value is -3.03. The highest BCUT2D eigenvalue weighted by molar-refractivity contribution is 6.36. The van der Waals surface area contributed by atoms with Crippen molar-refractivity contribution < 1.29 is 23.8 Å². The number of halogens is 1. The van der Waals surface area contributed by atoms with Gasteiger partial charge in [0.2, 0.25) is 0 Å². The fraction of sp³-hybridized carbons (Fsp3) is 0.273. The quantitative estimate of drug-likeness (QED) is 0.538. The first-order valence-electron chi connectivity index (χ1n) is 9.60. The van der Waals surface area contributed by atoms with Gasteiger partial charge in [0.1, 0.15) is 18.9 Å². The molecule has 7 nitrogen and oxygen atoms in total. The molecule has 0 radical (unpaired) electrons. The maximum Gasteiger partial charge on any atom is 0.278 e. The fourth-order valence-electron chi connectivity index (χ4n) is 3.41. The number of amides is 2. The summed E-state index contributed by atoms with van der Waals surface area (Å²) in [4.78, 5) is 27.5. The lowest BCUT2D eigenvalue weighted by atomic mass is 10.0. The summed E-state index contributed by atoms with van der Waals surface area (Å²) in [5.74, 6) is 0.511. The van der Waals surface area contributed by atoms with Gasteiger partial charge in [0.15, 0.2) is 11.5 Å². The average Bonchev–Trinajstić information content (AvgIpc) is 2.99. The molecular formula is C22H21ClN2O5. The van der Waals surface area contributed by atoms with Gasteiger partial charge in [0, 0.05) is 37.0 Å². The van der Waals surface area contributed by atoms with Crippen LogP contribution in [0.25, 0.3) is 5.57 Å². The second-order valence-corrected chi connectivity index (χ2v) is 7.29. The molecule has 0 aliphatic carbocycles. The van der Waals surface area contributed by atoms with E-state index in [0.29, 0.717) is 59.6 Å². The van der Waals surface area contributed by atoms with E-state index in [1.165, 1.54) is 4.90 Å². The minimum Gasteiger partial charge on any atom is -0.486 e. The van der Waals surface area contributed by atoms with Gasteiger partial charge in [-0.15, -0.1) is 0 Å². The highest BCUT2D eigenvalue weighted by Gasteiger charge is 2.39. The molecule has 2 aromatic rings. The van der Waals surface area contributed by atoms with E-state index >= 15 is 0 Å². The molecule has 2 aromatic carbocycles. The molecule has 8 heteroatoms. The number of carbonyl (C=O) groups is 2. The largest absolute Gasteiger partial charge is 0.486 e. The number of ether oxygens (including phenoxy) is 3. The molecule has 4 rings (SSSR count). The van der Waals surface area contributed by atoms with Crippen LogP contribution in [0, 0.1) is 0 Å². The summed E-state index contributed by atoms with van der Waals surface area (Å²) in [6.07, 6.45) is 0.555. The van der Waals surface area contributed by atoms with Crippen LogP contribution in [0.1, 0.15) is 12.0 Å². The lowest BCUT2D eigenvalue weighted by Crippen LogP contribution is -2.33. The number of carbonyl (C=O) groups excluding carboxylic acids is 2. The first-order chi connectivity index (χ1) is 14.6. The van der Waals surface area contributed by atoms with Crippen LogP contribution < -0.4 is 14.8 Å². The zero-order valence-corrected chi connectivity index (χ0v) is 17.2. The molecule has 0 unspecified atom stereocenters. The van der Waals surface area contributed by atoms with Gasteiger partial charge < -0.3 is 19.5 Å². The number of imide groups is 1. The summed E-state index contributed by atoms with van der Waals surface area (Å²) in [6.45, 7) is 1.68. The fourth-order valence-corrected chi connectivity index (χ4v) is 3.54. The number of methoxy groups -OCH3 is 1. The van der Waals surface area contributed by atoms with Crippen molar-refractivity contribution in [2.45, 2.75) is 6.42 Å². The van der Waals surface area contributed by atoms with Gasteiger partial charge in [-0.2, -0.15) is 0 Å². The Morgan fingerprint density at radius 3 is 2.50 bits per heavy atom. The third-order valence-corrected chi connectivity index (χ3v) is 5.09. The molecule has 0 saturated heterocycles. The van der Waals surface area contributed by atoms with Gasteiger partial charge in [-0.25, -0.2) is 0 Å². The lowest BCUT2D eigenvalue weighted by molar-refractivity contribution is -0.136. The van der Waals surface area contributed by atoms with Crippen molar-refractivity contribution in [2.24, 2.45) is 0 Å². The Bertz CT molecular complexity index is 1000. The van der Waals surface area contributed by atoms with Crippen LogP contribution >= 0.6 is 11.6 Å². The number of anilines is 1. The zero-order valence-electron chi connectivity index (χ0n) is 16.4. The Kier molecular flexibility index (Phi) is 5.92. The molecule has 0 bridgehead atoms. The van der Waals surface area contributed by atoms with Gasteiger partial charge in [-0.1, -0.05) is 23.7 Å². The molecule has 2 aliphatic heterocycles. The van der Waals surface area contributed by atoms with Crippen molar-refractivity contribution in [3.8, 4) is 11.5 Å². The van der Waals surface area contributed by atoms with Gasteiger partial charge in [0.25, 0.3) is 11.8 Å². The van der Waals surface area contributed by atoms with E-state index in [-0.39, 0.29) is 24.1 Å². The van der Waals surface area contributed by atoms with Crippen molar-refractivity contribution in [1.82, 2.24) is 4.90 Å². The second-order valence-electron chi connectivity index (χ2n) is 6.85. The summed E-state index contributed by atoms with van der Waals surface area (Å²) >= 11 is 6.00. The average molecular weight is 429 g/mol. The molecule has 2 aliphatic rings. The Labute approximate surface area is 179 Å². The van der Waals surface area contributed by atoms with Crippen LogP contribution in [0.5, 0.6) is 11.5 Å². The van der Waals surface area contributed by atoms with E-state index < -0.39 is 0 Å². The van der Waals surface area contributed by atoms with Crippen LogP contribution in [0.15, 0.2) is 48.2 Å². The van der Waals surface area contributed by atoms with E-state index in [4.69, 9.17) is 25.8 Å². The molecular weight excluding hydrogens is 408 g/mol. The number of nitrogens with zero attached hydrogens (tertiary/aromatic N) is 1. The number of nitrogens with one attached hydrogen (secondary N) is 1. The van der Waals surface area contributed by atoms with Crippen LogP contribution in [-0.2, 0) is 14.3 Å². The zero-order chi connectivity index (χ0) is 21.1. The van der Waals surface area contributed by atoms with Crippen molar-refractivity contribution in [3.63, 3.8) is 0 Å². The minimum absolute atomic E-state index is 0.219. The van der Waals surface area contributed by atoms with Gasteiger partial charge >= 0.3 is 0 Å². The Balaban J connectivity index is 1.68. The maximum absolute atomic E-state index is 13.1. The van der Waals surface area contributed by atoms with Crippen LogP contribution in [0.2, 0.25) is 5.02 Å². The molecule has 0 fully saturated rings. The SMILES string of the molecule is COCCCN1C(=O)C(Nc2ccc3c(c2)OCCO3)=C(c2ccc(Cl)cc2)C1=O. The van der Waals surface area contributed by atoms with Crippen LogP contribution in [0.3, 0.4) is 0 Å². The normalized spacial score (nSPS) is 15.7. The van der Waals surface area contributed by atoms with Crippen LogP contribution in [-0.4, -0.2) is 50.2 Å². The highest BCUT2D eigenvalue weighted by Crippen LogP contribution is 2.35. The lowest BCUT2D eigenvalue weighted by Gasteiger charge is -2.19. The number of fused-ring (bicyclic) bond motifs is 1. The smallest absolute Gasteiger partial charge is 0.278 e. The van der Waals surface area contributed by atoms with Crippen molar-refractivity contribution in [3.05, 3.63) is 58.7 Å². The molecule has 0 spiro atoms. The summed E-state index contributed by atoms with van der Waals surface area (Å²) in [5.41, 5.74) is 1.77. The van der Waals surface area contributed by atoms with Crippen LogP contribution in [0.4, 0.5) is 5.69 Å². The summed E-state index contributed by atoms with van der Waals surface area (Å²) < 4.78 is 16.2. The predicted molar refractivity (Wildman–Crippen MR) is 113 cm³/mol. The molecule has 30 heavy (non-hydrogen) atoms. The molecule has 0 atom stereocenters. The number of rotatable bonds is 7. The number of hydrogen-bond acceptors (Lipinski definition) is 6. The Morgan fingerprint density at radius 1 is 1.03 bits per heavy atom. The number of benzene rings is 2. The Morgan fingerprint density at radius 2 is 1.77 bits per heavy atom. The maximum atomic E-state index is 13.1. The van der Waals surface area contributed by atoms with Crippen molar-refractivity contribution in [1.29, 1.82) is 0 Å². The molecule has 0 saturated carbocycles. The van der Waals surface area contributed by atoms with Gasteiger partial charge in [-0.3, -0.25) is 14.5 Å². The molecule has 0 aromatic heterocycles. The molecule has 156 valence electrons. The van der Waals surface area contributed by atoms with E-state index in [1.54, 1.807) is 49.6 Å². The third-order valence-electron chi connectivity index (χ3n) is 4.84. The van der Waals surface area contributed by atoms with Crippen molar-refractivity contribution >= 4 is 34.7 Å². The first-order valence-corrected chi connectivity index (χ1v) is 9.98. The highest BCUT2D eigenvalue weighted by atomic mass is 35.5. The predicted octanol–water partition coefficient (Wildman–Crippen LogP) is 3.34. The van der Waals surface area contributed by atoms with E-state index in [9.17, 15) is 9.59 Å². The molecule has 2 amide bonds. The van der Waals surface area contributed by atoms with E-state index in [0.717, 1.165) is 0 Å². The van der Waals surface area contributed by atoms with E-state index in [1.807, 2.05) is 0 Å². The minimum atomic E-state index is -0.379. The van der Waals surface area contributed by atoms with Crippen molar-refractivity contribution in [2.75, 3.05) is 38.8 Å². The first kappa shape index (κ1) is 20.3. The summed E-state index contributed by atoms with van der Waals surface area (Å²) in [7, 11) is 1.58. The third kappa shape index (κ3) is 3.99. The summed E-state index contributed by atoms with van der Waals surface area (Å²) in [6, 6.07) is 12.2. The topological polar surface area (TPSA) is 77.1 Å². The number of hydrogen-bond donors (Lipinski definition) is 1. The van der Waals surface area contributed by atoms with Gasteiger partial charge in [-0.05, 0) is 36.2 Å². The van der Waals surface area contributed by atoms with E-state index in [2.05, 4.69) is 5.32 Å². The van der Waals surface area contributed by atoms with Gasteiger partial charge in [0.05, 0.1) is 5.57 Å². The molecule has 2 heterocycles. The second kappa shape index (κ2) is 8.77. The monoisotopic (exact) mass is 428 g/mol. The molecule has 1 N–H and O–H groups in total. The standard InChI is InChI=1S/C22H21ClN2O5/c1-28-10-2-9-25-21(26)19(14-3-5-15(23)6-4-14)20(22(25)27)24-16-7-8-17-18(13-16)30-12-11-29-17/h3-8,13,24H,2,9-12H2,1H3. The summed E-state index contributed by atoms with van der Waals surface area (Å²) in [5, 5.41) is 3.67.